The molecule has 0 aliphatic rings. The quantitative estimate of drug-likeness (QED) is 0.563. The van der Waals surface area contributed by atoms with E-state index in [1.54, 1.807) is 4.90 Å². The van der Waals surface area contributed by atoms with Crippen molar-refractivity contribution < 1.29 is 19.1 Å². The lowest BCUT2D eigenvalue weighted by molar-refractivity contribution is -0.145. The number of nitrogens with two attached hydrogens (primary N) is 1. The molecule has 0 aliphatic carbocycles. The van der Waals surface area contributed by atoms with Crippen molar-refractivity contribution in [3.63, 3.8) is 0 Å². The molecule has 18 heavy (non-hydrogen) atoms. The van der Waals surface area contributed by atoms with Crippen LogP contribution >= 0.6 is 0 Å². The fraction of sp³-hybridized carbons (Fsp3) is 0.727. The number of esters is 1. The first-order valence-electron chi connectivity index (χ1n) is 5.65. The van der Waals surface area contributed by atoms with Gasteiger partial charge in [-0.3, -0.25) is 14.5 Å². The molecule has 3 N–H and O–H groups in total. The highest BCUT2D eigenvalue weighted by Gasteiger charge is 2.25. The van der Waals surface area contributed by atoms with Crippen molar-refractivity contribution in [2.45, 2.75) is 32.9 Å². The largest absolute Gasteiger partial charge is 0.467 e. The Balaban J connectivity index is 4.73. The molecule has 0 saturated heterocycles. The number of hydrogen-bond donors (Lipinski definition) is 2. The number of nitrogens with zero attached hydrogens (tertiary/aromatic N) is 1. The molecule has 2 amide bonds. The number of primary amides is 1. The Morgan fingerprint density at radius 2 is 1.89 bits per heavy atom. The van der Waals surface area contributed by atoms with E-state index in [4.69, 9.17) is 5.73 Å². The van der Waals surface area contributed by atoms with Crippen LogP contribution in [0.2, 0.25) is 0 Å². The van der Waals surface area contributed by atoms with Crippen LogP contribution in [0.3, 0.4) is 0 Å². The molecule has 104 valence electrons. The Kier molecular flexibility index (Phi) is 6.96. The fourth-order valence-electron chi connectivity index (χ4n) is 1.46. The summed E-state index contributed by atoms with van der Waals surface area (Å²) in [7, 11) is 1.24. The van der Waals surface area contributed by atoms with Gasteiger partial charge >= 0.3 is 5.97 Å². The number of carbonyl (C=O) groups is 3. The van der Waals surface area contributed by atoms with E-state index in [1.165, 1.54) is 14.0 Å². The van der Waals surface area contributed by atoms with Crippen LogP contribution < -0.4 is 11.1 Å². The van der Waals surface area contributed by atoms with Crippen molar-refractivity contribution in [3.05, 3.63) is 0 Å². The van der Waals surface area contributed by atoms with E-state index in [0.717, 1.165) is 0 Å². The van der Waals surface area contributed by atoms with E-state index < -0.39 is 17.9 Å². The van der Waals surface area contributed by atoms with Gasteiger partial charge in [0.2, 0.25) is 11.8 Å². The summed E-state index contributed by atoms with van der Waals surface area (Å²) in [5, 5.41) is 2.48. The molecular formula is C11H21N3O4. The molecule has 0 bridgehead atoms. The van der Waals surface area contributed by atoms with Crippen molar-refractivity contribution in [2.24, 2.45) is 5.73 Å². The van der Waals surface area contributed by atoms with Crippen LogP contribution in [0, 0.1) is 0 Å². The van der Waals surface area contributed by atoms with Crippen molar-refractivity contribution in [3.8, 4) is 0 Å². The van der Waals surface area contributed by atoms with Gasteiger partial charge in [-0.15, -0.1) is 0 Å². The van der Waals surface area contributed by atoms with Gasteiger partial charge in [0.05, 0.1) is 13.7 Å². The average Bonchev–Trinajstić information content (AvgIpc) is 2.24. The predicted molar refractivity (Wildman–Crippen MR) is 65.5 cm³/mol. The smallest absolute Gasteiger partial charge is 0.329 e. The maximum Gasteiger partial charge on any atom is 0.329 e. The van der Waals surface area contributed by atoms with E-state index in [9.17, 15) is 14.4 Å². The Hall–Kier alpha value is -1.63. The monoisotopic (exact) mass is 259 g/mol. The van der Waals surface area contributed by atoms with Gasteiger partial charge in [0.1, 0.15) is 6.04 Å². The molecule has 0 radical (unpaired) electrons. The van der Waals surface area contributed by atoms with Crippen LogP contribution in [0.25, 0.3) is 0 Å². The van der Waals surface area contributed by atoms with Crippen LogP contribution in [-0.4, -0.2) is 55.0 Å². The second-order valence-corrected chi connectivity index (χ2v) is 4.27. The number of methoxy groups -OCH3 is 1. The Labute approximate surface area is 107 Å². The highest BCUT2D eigenvalue weighted by Crippen LogP contribution is 2.01. The number of amides is 2. The lowest BCUT2D eigenvalue weighted by Gasteiger charge is -2.28. The third-order valence-electron chi connectivity index (χ3n) is 2.37. The van der Waals surface area contributed by atoms with Gasteiger partial charge in [-0.2, -0.15) is 0 Å². The number of ether oxygens (including phenoxy) is 1. The van der Waals surface area contributed by atoms with Gasteiger partial charge in [-0.25, -0.2) is 4.79 Å². The molecule has 7 nitrogen and oxygen atoms in total. The van der Waals surface area contributed by atoms with Crippen LogP contribution in [0.1, 0.15) is 20.8 Å². The molecule has 1 atom stereocenters. The highest BCUT2D eigenvalue weighted by atomic mass is 16.5. The van der Waals surface area contributed by atoms with Crippen LogP contribution in [0.4, 0.5) is 0 Å². The highest BCUT2D eigenvalue weighted by molar-refractivity contribution is 5.83. The topological polar surface area (TPSA) is 102 Å². The van der Waals surface area contributed by atoms with Gasteiger partial charge in [0, 0.05) is 19.5 Å². The third kappa shape index (κ3) is 6.19. The Morgan fingerprint density at radius 3 is 2.22 bits per heavy atom. The molecule has 0 aromatic carbocycles. The molecule has 0 aromatic rings. The summed E-state index contributed by atoms with van der Waals surface area (Å²) in [5.74, 6) is -1.39. The lowest BCUT2D eigenvalue weighted by atomic mass is 10.2. The summed E-state index contributed by atoms with van der Waals surface area (Å²) in [6.45, 7) is 5.23. The van der Waals surface area contributed by atoms with Crippen molar-refractivity contribution >= 4 is 17.8 Å². The molecule has 1 unspecified atom stereocenters. The minimum absolute atomic E-state index is 0.0124. The summed E-state index contributed by atoms with van der Waals surface area (Å²) in [5.41, 5.74) is 5.13. The first-order valence-corrected chi connectivity index (χ1v) is 5.65. The van der Waals surface area contributed by atoms with E-state index in [-0.39, 0.29) is 25.0 Å². The lowest BCUT2D eigenvalue weighted by Crippen LogP contribution is -2.51. The molecule has 7 heteroatoms. The maximum absolute atomic E-state index is 11.5. The Bertz CT molecular complexity index is 317. The molecule has 0 rings (SSSR count). The van der Waals surface area contributed by atoms with Crippen LogP contribution in [0.15, 0.2) is 0 Å². The van der Waals surface area contributed by atoms with Gasteiger partial charge < -0.3 is 15.8 Å². The molecule has 0 spiro atoms. The molecular weight excluding hydrogens is 238 g/mol. The zero-order valence-corrected chi connectivity index (χ0v) is 11.2. The second kappa shape index (κ2) is 7.65. The minimum Gasteiger partial charge on any atom is -0.467 e. The van der Waals surface area contributed by atoms with E-state index in [1.807, 2.05) is 13.8 Å². The van der Waals surface area contributed by atoms with E-state index in [2.05, 4.69) is 10.1 Å². The number of rotatable bonds is 7. The van der Waals surface area contributed by atoms with Gasteiger partial charge in [0.15, 0.2) is 0 Å². The number of nitrogens with one attached hydrogen (secondary N) is 1. The van der Waals surface area contributed by atoms with Gasteiger partial charge in [-0.05, 0) is 13.8 Å². The SMILES string of the molecule is COC(=O)C(CN(CC(N)=O)C(C)C)NC(C)=O. The summed E-state index contributed by atoms with van der Waals surface area (Å²) in [6, 6.07) is -0.798. The first kappa shape index (κ1) is 16.4. The second-order valence-electron chi connectivity index (χ2n) is 4.27. The third-order valence-corrected chi connectivity index (χ3v) is 2.37. The zero-order valence-electron chi connectivity index (χ0n) is 11.2. The Morgan fingerprint density at radius 1 is 1.33 bits per heavy atom. The normalized spacial score (nSPS) is 12.3. The van der Waals surface area contributed by atoms with Gasteiger partial charge in [-0.1, -0.05) is 0 Å². The van der Waals surface area contributed by atoms with Crippen molar-refractivity contribution in [2.75, 3.05) is 20.2 Å². The molecule has 0 saturated carbocycles. The first-order chi connectivity index (χ1) is 8.27. The molecule has 0 aromatic heterocycles. The maximum atomic E-state index is 11.5. The summed E-state index contributed by atoms with van der Waals surface area (Å²) in [4.78, 5) is 35.2. The van der Waals surface area contributed by atoms with E-state index in [0.29, 0.717) is 0 Å². The summed E-state index contributed by atoms with van der Waals surface area (Å²) in [6.07, 6.45) is 0. The number of hydrogen-bond acceptors (Lipinski definition) is 5. The summed E-state index contributed by atoms with van der Waals surface area (Å²) < 4.78 is 4.60. The van der Waals surface area contributed by atoms with Crippen LogP contribution in [0.5, 0.6) is 0 Å². The zero-order chi connectivity index (χ0) is 14.3. The number of carbonyl (C=O) groups excluding carboxylic acids is 3. The molecule has 0 aliphatic heterocycles. The predicted octanol–water partition coefficient (Wildman–Crippen LogP) is -1.14. The van der Waals surface area contributed by atoms with Gasteiger partial charge in [0.25, 0.3) is 0 Å². The van der Waals surface area contributed by atoms with Crippen LogP contribution in [-0.2, 0) is 19.1 Å². The van der Waals surface area contributed by atoms with Crippen molar-refractivity contribution in [1.82, 2.24) is 10.2 Å². The average molecular weight is 259 g/mol. The standard InChI is InChI=1S/C11H21N3O4/c1-7(2)14(6-10(12)16)5-9(11(17)18-4)13-8(3)15/h7,9H,5-6H2,1-4H3,(H2,12,16)(H,13,15). The minimum atomic E-state index is -0.811. The van der Waals surface area contributed by atoms with Crippen molar-refractivity contribution in [1.29, 1.82) is 0 Å². The van der Waals surface area contributed by atoms with E-state index >= 15 is 0 Å². The molecule has 0 fully saturated rings. The molecule has 0 heterocycles. The summed E-state index contributed by atoms with van der Waals surface area (Å²) >= 11 is 0. The fourth-order valence-corrected chi connectivity index (χ4v) is 1.46.